The minimum atomic E-state index is -0.319. The van der Waals surface area contributed by atoms with Crippen LogP contribution in [0.2, 0.25) is 0 Å². The maximum absolute atomic E-state index is 9.51. The van der Waals surface area contributed by atoms with Gasteiger partial charge in [0.2, 0.25) is 0 Å². The molecule has 0 radical (unpaired) electrons. The number of rotatable bonds is 12. The molecule has 2 atom stereocenters. The van der Waals surface area contributed by atoms with Gasteiger partial charge in [0.15, 0.2) is 0 Å². The van der Waals surface area contributed by atoms with Gasteiger partial charge in [-0.05, 0) is 51.6 Å². The van der Waals surface area contributed by atoms with Crippen LogP contribution in [0.25, 0.3) is 0 Å². The van der Waals surface area contributed by atoms with Crippen molar-refractivity contribution in [2.24, 2.45) is 11.5 Å². The van der Waals surface area contributed by atoms with Crippen LogP contribution in [0.15, 0.2) is 0 Å². The SMILES string of the molecule is NCCCC(O)CCOCCC(O)CCCN. The zero-order valence-corrected chi connectivity index (χ0v) is 10.7. The van der Waals surface area contributed by atoms with Gasteiger partial charge in [-0.25, -0.2) is 0 Å². The third kappa shape index (κ3) is 12.1. The minimum Gasteiger partial charge on any atom is -0.393 e. The van der Waals surface area contributed by atoms with Crippen molar-refractivity contribution in [2.75, 3.05) is 26.3 Å². The molecule has 0 aromatic rings. The monoisotopic (exact) mass is 248 g/mol. The average molecular weight is 248 g/mol. The zero-order valence-electron chi connectivity index (χ0n) is 10.7. The molecule has 5 heteroatoms. The second-order valence-corrected chi connectivity index (χ2v) is 4.36. The fourth-order valence-electron chi connectivity index (χ4n) is 1.54. The molecule has 0 bridgehead atoms. The van der Waals surface area contributed by atoms with Gasteiger partial charge in [0, 0.05) is 13.2 Å². The average Bonchev–Trinajstić information content (AvgIpc) is 2.33. The van der Waals surface area contributed by atoms with Gasteiger partial charge in [0.1, 0.15) is 0 Å². The molecule has 0 rings (SSSR count). The van der Waals surface area contributed by atoms with Gasteiger partial charge in [-0.15, -0.1) is 0 Å². The van der Waals surface area contributed by atoms with E-state index >= 15 is 0 Å². The Morgan fingerprint density at radius 3 is 1.53 bits per heavy atom. The number of aliphatic hydroxyl groups is 2. The van der Waals surface area contributed by atoms with Gasteiger partial charge >= 0.3 is 0 Å². The highest BCUT2D eigenvalue weighted by molar-refractivity contribution is 4.57. The molecule has 0 saturated carbocycles. The number of nitrogens with two attached hydrogens (primary N) is 2. The molecule has 0 fully saturated rings. The summed E-state index contributed by atoms with van der Waals surface area (Å²) in [6.45, 7) is 2.31. The van der Waals surface area contributed by atoms with Crippen molar-refractivity contribution in [2.45, 2.75) is 50.7 Å². The standard InChI is InChI=1S/C12H28N2O3/c13-7-1-3-11(15)5-9-17-10-6-12(16)4-2-8-14/h11-12,15-16H,1-10,13-14H2. The Labute approximate surface area is 104 Å². The number of hydrogen-bond acceptors (Lipinski definition) is 5. The lowest BCUT2D eigenvalue weighted by Crippen LogP contribution is -2.15. The molecule has 6 N–H and O–H groups in total. The summed E-state index contributed by atoms with van der Waals surface area (Å²) in [6.07, 6.45) is 3.80. The molecule has 2 unspecified atom stereocenters. The molecule has 0 saturated heterocycles. The number of hydrogen-bond donors (Lipinski definition) is 4. The topological polar surface area (TPSA) is 102 Å². The van der Waals surface area contributed by atoms with Crippen LogP contribution in [-0.2, 0) is 4.74 Å². The first kappa shape index (κ1) is 16.8. The van der Waals surface area contributed by atoms with Crippen molar-refractivity contribution in [3.63, 3.8) is 0 Å². The van der Waals surface area contributed by atoms with Crippen LogP contribution >= 0.6 is 0 Å². The molecule has 17 heavy (non-hydrogen) atoms. The van der Waals surface area contributed by atoms with Crippen LogP contribution in [0.3, 0.4) is 0 Å². The summed E-state index contributed by atoms with van der Waals surface area (Å²) < 4.78 is 5.35. The van der Waals surface area contributed by atoms with Gasteiger partial charge in [-0.1, -0.05) is 0 Å². The summed E-state index contributed by atoms with van der Waals surface area (Å²) in [5, 5.41) is 19.0. The summed E-state index contributed by atoms with van der Waals surface area (Å²) in [4.78, 5) is 0. The second kappa shape index (κ2) is 12.3. The Bertz CT molecular complexity index is 143. The van der Waals surface area contributed by atoms with Gasteiger partial charge in [-0.2, -0.15) is 0 Å². The fourth-order valence-corrected chi connectivity index (χ4v) is 1.54. The van der Waals surface area contributed by atoms with Crippen molar-refractivity contribution in [1.29, 1.82) is 0 Å². The first-order chi connectivity index (χ1) is 8.20. The predicted molar refractivity (Wildman–Crippen MR) is 68.6 cm³/mol. The molecule has 0 heterocycles. The molecular formula is C12H28N2O3. The molecule has 0 aromatic carbocycles. The van der Waals surface area contributed by atoms with E-state index in [2.05, 4.69) is 0 Å². The van der Waals surface area contributed by atoms with E-state index in [-0.39, 0.29) is 12.2 Å². The smallest absolute Gasteiger partial charge is 0.0562 e. The Hall–Kier alpha value is -0.200. The summed E-state index contributed by atoms with van der Waals surface area (Å²) in [5.41, 5.74) is 10.7. The van der Waals surface area contributed by atoms with Crippen molar-refractivity contribution in [3.8, 4) is 0 Å². The van der Waals surface area contributed by atoms with Crippen LogP contribution in [0, 0.1) is 0 Å². The molecular weight excluding hydrogens is 220 g/mol. The van der Waals surface area contributed by atoms with Gasteiger partial charge < -0.3 is 26.4 Å². The fraction of sp³-hybridized carbons (Fsp3) is 1.00. The second-order valence-electron chi connectivity index (χ2n) is 4.36. The summed E-state index contributed by atoms with van der Waals surface area (Å²) in [7, 11) is 0. The molecule has 5 nitrogen and oxygen atoms in total. The van der Waals surface area contributed by atoms with Crippen LogP contribution in [0.4, 0.5) is 0 Å². The van der Waals surface area contributed by atoms with Crippen molar-refractivity contribution >= 4 is 0 Å². The third-order valence-electron chi connectivity index (χ3n) is 2.67. The van der Waals surface area contributed by atoms with E-state index in [1.807, 2.05) is 0 Å². The highest BCUT2D eigenvalue weighted by Crippen LogP contribution is 2.03. The maximum Gasteiger partial charge on any atom is 0.0562 e. The Kier molecular flexibility index (Phi) is 12.1. The van der Waals surface area contributed by atoms with Crippen molar-refractivity contribution < 1.29 is 14.9 Å². The van der Waals surface area contributed by atoms with E-state index in [9.17, 15) is 10.2 Å². The van der Waals surface area contributed by atoms with Crippen molar-refractivity contribution in [1.82, 2.24) is 0 Å². The van der Waals surface area contributed by atoms with Crippen LogP contribution < -0.4 is 11.5 Å². The summed E-state index contributed by atoms with van der Waals surface area (Å²) >= 11 is 0. The molecule has 0 aliphatic carbocycles. The minimum absolute atomic E-state index is 0.319. The predicted octanol–water partition coefficient (Wildman–Crippen LogP) is -0.0172. The highest BCUT2D eigenvalue weighted by atomic mass is 16.5. The molecule has 0 amide bonds. The zero-order chi connectivity index (χ0) is 12.9. The van der Waals surface area contributed by atoms with E-state index in [0.717, 1.165) is 25.7 Å². The lowest BCUT2D eigenvalue weighted by molar-refractivity contribution is 0.0528. The molecule has 0 aliphatic rings. The van der Waals surface area contributed by atoms with E-state index in [1.54, 1.807) is 0 Å². The Morgan fingerprint density at radius 1 is 0.765 bits per heavy atom. The quantitative estimate of drug-likeness (QED) is 0.364. The summed E-state index contributed by atoms with van der Waals surface area (Å²) in [5.74, 6) is 0. The molecule has 0 spiro atoms. The highest BCUT2D eigenvalue weighted by Gasteiger charge is 2.05. The largest absolute Gasteiger partial charge is 0.393 e. The van der Waals surface area contributed by atoms with Crippen LogP contribution in [0.5, 0.6) is 0 Å². The van der Waals surface area contributed by atoms with Gasteiger partial charge in [0.05, 0.1) is 12.2 Å². The lowest BCUT2D eigenvalue weighted by Gasteiger charge is -2.12. The molecule has 0 aromatic heterocycles. The first-order valence-electron chi connectivity index (χ1n) is 6.54. The van der Waals surface area contributed by atoms with E-state index in [1.165, 1.54) is 0 Å². The normalized spacial score (nSPS) is 14.8. The lowest BCUT2D eigenvalue weighted by atomic mass is 10.1. The van der Waals surface area contributed by atoms with Crippen LogP contribution in [-0.4, -0.2) is 48.7 Å². The van der Waals surface area contributed by atoms with E-state index < -0.39 is 0 Å². The maximum atomic E-state index is 9.51. The van der Waals surface area contributed by atoms with E-state index in [4.69, 9.17) is 16.2 Å². The van der Waals surface area contributed by atoms with E-state index in [0.29, 0.717) is 39.1 Å². The van der Waals surface area contributed by atoms with Gasteiger partial charge in [0.25, 0.3) is 0 Å². The third-order valence-corrected chi connectivity index (χ3v) is 2.67. The first-order valence-corrected chi connectivity index (χ1v) is 6.54. The summed E-state index contributed by atoms with van der Waals surface area (Å²) in [6, 6.07) is 0. The molecule has 0 aliphatic heterocycles. The number of ether oxygens (including phenoxy) is 1. The molecule has 104 valence electrons. The van der Waals surface area contributed by atoms with Crippen LogP contribution in [0.1, 0.15) is 38.5 Å². The van der Waals surface area contributed by atoms with Gasteiger partial charge in [-0.3, -0.25) is 0 Å². The van der Waals surface area contributed by atoms with Crippen molar-refractivity contribution in [3.05, 3.63) is 0 Å². The number of aliphatic hydroxyl groups excluding tert-OH is 2. The Morgan fingerprint density at radius 2 is 1.18 bits per heavy atom. The Balaban J connectivity index is 3.22.